The molecule has 0 aliphatic rings. The van der Waals surface area contributed by atoms with Crippen molar-refractivity contribution in [1.82, 2.24) is 0 Å². The van der Waals surface area contributed by atoms with Crippen LogP contribution in [0.3, 0.4) is 0 Å². The summed E-state index contributed by atoms with van der Waals surface area (Å²) < 4.78 is 0. The van der Waals surface area contributed by atoms with E-state index in [4.69, 9.17) is 0 Å². The maximum atomic E-state index is 2.27. The number of hydrogen-bond acceptors (Lipinski definition) is 1. The van der Waals surface area contributed by atoms with Crippen LogP contribution < -0.4 is 21.2 Å². The molecule has 4 aromatic carbocycles. The average Bonchev–Trinajstić information content (AvgIpc) is 2.77. The van der Waals surface area contributed by atoms with Crippen LogP contribution in [0.25, 0.3) is 0 Å². The van der Waals surface area contributed by atoms with Crippen molar-refractivity contribution < 1.29 is 0 Å². The van der Waals surface area contributed by atoms with Crippen molar-refractivity contribution in [3.8, 4) is 0 Å². The van der Waals surface area contributed by atoms with Crippen LogP contribution in [0.5, 0.6) is 0 Å². The summed E-state index contributed by atoms with van der Waals surface area (Å²) in [7, 11) is -0.984. The van der Waals surface area contributed by atoms with E-state index < -0.39 is 14.2 Å². The van der Waals surface area contributed by atoms with Crippen LogP contribution in [0.1, 0.15) is 0 Å². The van der Waals surface area contributed by atoms with Gasteiger partial charge in [0.1, 0.15) is 0 Å². The van der Waals surface area contributed by atoms with Crippen LogP contribution in [0.4, 0.5) is 0 Å². The van der Waals surface area contributed by atoms with Crippen molar-refractivity contribution in [3.05, 3.63) is 121 Å². The first kappa shape index (κ1) is 18.5. The first-order chi connectivity index (χ1) is 13.4. The lowest BCUT2D eigenvalue weighted by molar-refractivity contribution is 1.76. The largest absolute Gasteiger partial charge is 0.0874 e. The summed E-state index contributed by atoms with van der Waals surface area (Å²) in [4.78, 5) is 0. The first-order valence-corrected chi connectivity index (χ1v) is 13.6. The van der Waals surface area contributed by atoms with E-state index in [1.807, 2.05) is 0 Å². The third kappa shape index (κ3) is 4.69. The molecule has 0 saturated carbocycles. The predicted octanol–water partition coefficient (Wildman–Crippen LogP) is 5.82. The Morgan fingerprint density at radius 3 is 0.778 bits per heavy atom. The molecule has 3 heteroatoms. The summed E-state index contributed by atoms with van der Waals surface area (Å²) in [6, 6.07) is 43.8. The van der Waals surface area contributed by atoms with E-state index in [2.05, 4.69) is 132 Å². The molecule has 0 atom stereocenters. The molecule has 27 heavy (non-hydrogen) atoms. The summed E-state index contributed by atoms with van der Waals surface area (Å²) in [6.07, 6.45) is 0. The Labute approximate surface area is 167 Å². The van der Waals surface area contributed by atoms with Crippen LogP contribution in [-0.2, 0) is 0 Å². The lowest BCUT2D eigenvalue weighted by Gasteiger charge is -2.25. The van der Waals surface area contributed by atoms with Crippen molar-refractivity contribution in [2.75, 3.05) is 0 Å². The van der Waals surface area contributed by atoms with Gasteiger partial charge in [0.15, 0.2) is 0 Å². The zero-order chi connectivity index (χ0) is 18.3. The highest BCUT2D eigenvalue weighted by Gasteiger charge is 2.23. The third-order valence-corrected chi connectivity index (χ3v) is 14.0. The second-order valence-corrected chi connectivity index (χ2v) is 13.6. The van der Waals surface area contributed by atoms with E-state index in [9.17, 15) is 0 Å². The van der Waals surface area contributed by atoms with Crippen molar-refractivity contribution in [1.29, 1.82) is 0 Å². The van der Waals surface area contributed by atoms with Crippen molar-refractivity contribution in [3.63, 3.8) is 0 Å². The lowest BCUT2D eigenvalue weighted by Crippen LogP contribution is -2.13. The van der Waals surface area contributed by atoms with Gasteiger partial charge in [0.25, 0.3) is 0 Å². The Balaban J connectivity index is 1.77. The molecule has 0 unspecified atom stereocenters. The highest BCUT2D eigenvalue weighted by atomic mass is 33.1. The fourth-order valence-electron chi connectivity index (χ4n) is 2.82. The Kier molecular flexibility index (Phi) is 6.38. The Morgan fingerprint density at radius 2 is 0.556 bits per heavy atom. The standard InChI is InChI=1S/C24H20P2S/c1-5-13-21(14-6-1)25(22-15-7-2-8-16-22)27-26(23-17-9-3-10-18-23)24-19-11-4-12-20-24/h1-20H. The van der Waals surface area contributed by atoms with Gasteiger partial charge in [-0.15, -0.1) is 0 Å². The van der Waals surface area contributed by atoms with Crippen LogP contribution in [-0.4, -0.2) is 0 Å². The highest BCUT2D eigenvalue weighted by molar-refractivity contribution is 8.89. The zero-order valence-electron chi connectivity index (χ0n) is 14.8. The molecule has 0 aliphatic heterocycles. The van der Waals surface area contributed by atoms with Gasteiger partial charge in [-0.05, 0) is 21.2 Å². The van der Waals surface area contributed by atoms with Crippen molar-refractivity contribution >= 4 is 46.5 Å². The molecule has 132 valence electrons. The minimum absolute atomic E-state index is 0.492. The second kappa shape index (κ2) is 9.34. The van der Waals surface area contributed by atoms with Crippen molar-refractivity contribution in [2.24, 2.45) is 0 Å². The maximum absolute atomic E-state index is 2.27. The monoisotopic (exact) mass is 402 g/mol. The van der Waals surface area contributed by atoms with E-state index in [0.29, 0.717) is 0 Å². The van der Waals surface area contributed by atoms with Gasteiger partial charge >= 0.3 is 0 Å². The molecule has 0 saturated heterocycles. The zero-order valence-corrected chi connectivity index (χ0v) is 17.5. The second-order valence-electron chi connectivity index (χ2n) is 6.01. The van der Waals surface area contributed by atoms with Gasteiger partial charge < -0.3 is 0 Å². The molecule has 0 heterocycles. The molecular weight excluding hydrogens is 382 g/mol. The van der Waals surface area contributed by atoms with Gasteiger partial charge in [0.2, 0.25) is 0 Å². The van der Waals surface area contributed by atoms with Crippen LogP contribution in [0.2, 0.25) is 0 Å². The Morgan fingerprint density at radius 1 is 0.333 bits per heavy atom. The first-order valence-electron chi connectivity index (χ1n) is 8.90. The lowest BCUT2D eigenvalue weighted by atomic mass is 10.4. The van der Waals surface area contributed by atoms with Crippen LogP contribution in [0, 0.1) is 0 Å². The molecule has 0 bridgehead atoms. The van der Waals surface area contributed by atoms with Gasteiger partial charge in [-0.25, -0.2) is 0 Å². The molecular formula is C24H20P2S. The maximum Gasteiger partial charge on any atom is 0.0208 e. The molecule has 0 nitrogen and oxygen atoms in total. The molecule has 4 rings (SSSR count). The Bertz CT molecular complexity index is 785. The molecule has 0 radical (unpaired) electrons. The molecule has 4 aromatic rings. The van der Waals surface area contributed by atoms with E-state index in [-0.39, 0.29) is 0 Å². The fourth-order valence-corrected chi connectivity index (χ4v) is 13.7. The van der Waals surface area contributed by atoms with E-state index in [1.54, 1.807) is 0 Å². The summed E-state index contributed by atoms with van der Waals surface area (Å²) in [6.45, 7) is 0. The molecule has 0 amide bonds. The van der Waals surface area contributed by atoms with E-state index in [1.165, 1.54) is 21.2 Å². The van der Waals surface area contributed by atoms with E-state index >= 15 is 0 Å². The third-order valence-electron chi connectivity index (χ3n) is 4.13. The van der Waals surface area contributed by atoms with Gasteiger partial charge in [-0.1, -0.05) is 132 Å². The van der Waals surface area contributed by atoms with Gasteiger partial charge in [0, 0.05) is 14.2 Å². The van der Waals surface area contributed by atoms with Crippen molar-refractivity contribution in [2.45, 2.75) is 0 Å². The quantitative estimate of drug-likeness (QED) is 0.367. The smallest absolute Gasteiger partial charge is 0.0208 e. The summed E-state index contributed by atoms with van der Waals surface area (Å²) in [5.41, 5.74) is 0. The van der Waals surface area contributed by atoms with Crippen LogP contribution in [0.15, 0.2) is 121 Å². The minimum Gasteiger partial charge on any atom is -0.0874 e. The topological polar surface area (TPSA) is 0 Å². The normalized spacial score (nSPS) is 11.0. The molecule has 0 aliphatic carbocycles. The SMILES string of the molecule is c1ccc(P(SP(c2ccccc2)c2ccccc2)c2ccccc2)cc1. The number of hydrogen-bond donors (Lipinski definition) is 0. The molecule has 0 spiro atoms. The molecule has 0 aromatic heterocycles. The molecule has 0 fully saturated rings. The van der Waals surface area contributed by atoms with Gasteiger partial charge in [0.05, 0.1) is 0 Å². The number of rotatable bonds is 6. The van der Waals surface area contributed by atoms with E-state index in [0.717, 1.165) is 0 Å². The minimum atomic E-state index is -0.492. The van der Waals surface area contributed by atoms with Gasteiger partial charge in [-0.2, -0.15) is 0 Å². The number of benzene rings is 4. The van der Waals surface area contributed by atoms with Crippen LogP contribution >= 0.6 is 25.2 Å². The predicted molar refractivity (Wildman–Crippen MR) is 126 cm³/mol. The summed E-state index contributed by atoms with van der Waals surface area (Å²) >= 11 is 2.13. The fraction of sp³-hybridized carbons (Fsp3) is 0. The average molecular weight is 402 g/mol. The summed E-state index contributed by atoms with van der Waals surface area (Å²) in [5.74, 6) is 0. The molecule has 0 N–H and O–H groups in total. The van der Waals surface area contributed by atoms with Gasteiger partial charge in [-0.3, -0.25) is 0 Å². The Hall–Kier alpha value is -1.91. The summed E-state index contributed by atoms with van der Waals surface area (Å²) in [5, 5.41) is 5.68. The highest BCUT2D eigenvalue weighted by Crippen LogP contribution is 2.65.